The number of nitrogens with zero attached hydrogens (tertiary/aromatic N) is 2. The predicted octanol–water partition coefficient (Wildman–Crippen LogP) is 2.48. The molecule has 0 spiro atoms. The van der Waals surface area contributed by atoms with Crippen LogP contribution in [0.5, 0.6) is 5.75 Å². The van der Waals surface area contributed by atoms with Crippen molar-refractivity contribution < 1.29 is 14.5 Å². The third-order valence-electron chi connectivity index (χ3n) is 2.69. The minimum absolute atomic E-state index is 0.0508. The van der Waals surface area contributed by atoms with Gasteiger partial charge in [-0.05, 0) is 30.3 Å². The molecule has 2 aromatic carbocycles. The zero-order valence-corrected chi connectivity index (χ0v) is 11.4. The van der Waals surface area contributed by atoms with Gasteiger partial charge in [0.15, 0.2) is 6.61 Å². The van der Waals surface area contributed by atoms with E-state index in [2.05, 4.69) is 5.32 Å². The van der Waals surface area contributed by atoms with E-state index in [0.717, 1.165) is 0 Å². The van der Waals surface area contributed by atoms with E-state index in [1.54, 1.807) is 24.3 Å². The summed E-state index contributed by atoms with van der Waals surface area (Å²) >= 11 is 0. The molecule has 7 heteroatoms. The van der Waals surface area contributed by atoms with Gasteiger partial charge < -0.3 is 10.1 Å². The summed E-state index contributed by atoms with van der Waals surface area (Å²) < 4.78 is 5.23. The lowest BCUT2D eigenvalue weighted by Gasteiger charge is -2.07. The topological polar surface area (TPSA) is 105 Å². The maximum atomic E-state index is 11.7. The quantitative estimate of drug-likeness (QED) is 0.674. The summed E-state index contributed by atoms with van der Waals surface area (Å²) in [5.74, 6) is -0.0417. The smallest absolute Gasteiger partial charge is 0.269 e. The number of carbonyl (C=O) groups is 1. The molecule has 0 saturated carbocycles. The number of nitro groups is 1. The average molecular weight is 297 g/mol. The normalized spacial score (nSPS) is 9.59. The number of ether oxygens (including phenoxy) is 1. The van der Waals surface area contributed by atoms with E-state index in [0.29, 0.717) is 17.0 Å². The van der Waals surface area contributed by atoms with Crippen LogP contribution in [0.25, 0.3) is 0 Å². The third kappa shape index (κ3) is 4.05. The van der Waals surface area contributed by atoms with Gasteiger partial charge in [0.05, 0.1) is 16.6 Å². The summed E-state index contributed by atoms with van der Waals surface area (Å²) in [4.78, 5) is 21.7. The van der Waals surface area contributed by atoms with Gasteiger partial charge in [0.25, 0.3) is 11.6 Å². The minimum Gasteiger partial charge on any atom is -0.484 e. The standard InChI is InChI=1S/C15H11N3O4/c16-9-11-2-1-3-12(8-11)17-15(19)10-22-14-6-4-13(5-7-14)18(20)21/h1-8H,10H2,(H,17,19). The zero-order chi connectivity index (χ0) is 15.9. The molecule has 0 unspecified atom stereocenters. The van der Waals surface area contributed by atoms with Crippen molar-refractivity contribution in [1.29, 1.82) is 5.26 Å². The molecule has 0 aliphatic rings. The molecule has 2 aromatic rings. The van der Waals surface area contributed by atoms with Crippen molar-refractivity contribution in [2.45, 2.75) is 0 Å². The van der Waals surface area contributed by atoms with Gasteiger partial charge in [0.2, 0.25) is 0 Å². The van der Waals surface area contributed by atoms with Gasteiger partial charge in [-0.25, -0.2) is 0 Å². The maximum Gasteiger partial charge on any atom is 0.269 e. The number of hydrogen-bond donors (Lipinski definition) is 1. The minimum atomic E-state index is -0.515. The largest absolute Gasteiger partial charge is 0.484 e. The number of hydrogen-bond acceptors (Lipinski definition) is 5. The Labute approximate surface area is 125 Å². The fourth-order valence-corrected chi connectivity index (χ4v) is 1.68. The number of nitriles is 1. The molecule has 0 aliphatic carbocycles. The number of nitrogens with one attached hydrogen (secondary N) is 1. The van der Waals surface area contributed by atoms with Crippen molar-refractivity contribution >= 4 is 17.3 Å². The molecule has 0 bridgehead atoms. The van der Waals surface area contributed by atoms with Crippen LogP contribution in [-0.2, 0) is 4.79 Å². The highest BCUT2D eigenvalue weighted by Gasteiger charge is 2.07. The first-order chi connectivity index (χ1) is 10.6. The fraction of sp³-hybridized carbons (Fsp3) is 0.0667. The molecular weight excluding hydrogens is 286 g/mol. The van der Waals surface area contributed by atoms with Crippen LogP contribution in [0.15, 0.2) is 48.5 Å². The first-order valence-electron chi connectivity index (χ1n) is 6.26. The molecule has 7 nitrogen and oxygen atoms in total. The van der Waals surface area contributed by atoms with Gasteiger partial charge in [0, 0.05) is 17.8 Å². The van der Waals surface area contributed by atoms with Crippen molar-refractivity contribution in [2.75, 3.05) is 11.9 Å². The predicted molar refractivity (Wildman–Crippen MR) is 78.4 cm³/mol. The van der Waals surface area contributed by atoms with Crippen LogP contribution in [-0.4, -0.2) is 17.4 Å². The molecule has 2 rings (SSSR count). The Morgan fingerprint density at radius 3 is 2.64 bits per heavy atom. The summed E-state index contributed by atoms with van der Waals surface area (Å²) in [6, 6.07) is 13.9. The molecule has 0 fully saturated rings. The van der Waals surface area contributed by atoms with E-state index in [1.807, 2.05) is 6.07 Å². The molecule has 0 radical (unpaired) electrons. The maximum absolute atomic E-state index is 11.7. The summed E-state index contributed by atoms with van der Waals surface area (Å²) in [5, 5.41) is 21.9. The van der Waals surface area contributed by atoms with E-state index < -0.39 is 10.8 Å². The van der Waals surface area contributed by atoms with Crippen molar-refractivity contribution in [3.8, 4) is 11.8 Å². The Balaban J connectivity index is 1.89. The molecule has 1 N–H and O–H groups in total. The lowest BCUT2D eigenvalue weighted by Crippen LogP contribution is -2.20. The Morgan fingerprint density at radius 1 is 1.27 bits per heavy atom. The summed E-state index contributed by atoms with van der Waals surface area (Å²) in [6.45, 7) is -0.241. The van der Waals surface area contributed by atoms with E-state index in [4.69, 9.17) is 10.00 Å². The van der Waals surface area contributed by atoms with Crippen molar-refractivity contribution in [3.05, 3.63) is 64.2 Å². The second-order valence-corrected chi connectivity index (χ2v) is 4.28. The number of benzene rings is 2. The molecule has 0 heterocycles. The first-order valence-corrected chi connectivity index (χ1v) is 6.26. The van der Waals surface area contributed by atoms with Gasteiger partial charge in [-0.3, -0.25) is 14.9 Å². The molecule has 0 atom stereocenters. The number of nitro benzene ring substituents is 1. The van der Waals surface area contributed by atoms with Gasteiger partial charge >= 0.3 is 0 Å². The number of anilines is 1. The average Bonchev–Trinajstić information content (AvgIpc) is 2.53. The molecule has 1 amide bonds. The fourth-order valence-electron chi connectivity index (χ4n) is 1.68. The molecular formula is C15H11N3O4. The monoisotopic (exact) mass is 297 g/mol. The van der Waals surface area contributed by atoms with Gasteiger partial charge in [0.1, 0.15) is 5.75 Å². The first kappa shape index (κ1) is 15.0. The molecule has 110 valence electrons. The van der Waals surface area contributed by atoms with Crippen LogP contribution in [0.2, 0.25) is 0 Å². The lowest BCUT2D eigenvalue weighted by molar-refractivity contribution is -0.384. The molecule has 0 aliphatic heterocycles. The van der Waals surface area contributed by atoms with E-state index in [9.17, 15) is 14.9 Å². The number of rotatable bonds is 5. The SMILES string of the molecule is N#Cc1cccc(NC(=O)COc2ccc([N+](=O)[O-])cc2)c1. The Hall–Kier alpha value is -3.40. The highest BCUT2D eigenvalue weighted by molar-refractivity contribution is 5.92. The van der Waals surface area contributed by atoms with Crippen LogP contribution in [0, 0.1) is 21.4 Å². The number of amides is 1. The summed E-state index contributed by atoms with van der Waals surface area (Å²) in [7, 11) is 0. The highest BCUT2D eigenvalue weighted by Crippen LogP contribution is 2.17. The summed E-state index contributed by atoms with van der Waals surface area (Å²) in [5.41, 5.74) is 0.885. The Kier molecular flexibility index (Phi) is 4.67. The van der Waals surface area contributed by atoms with Crippen LogP contribution in [0.4, 0.5) is 11.4 Å². The Bertz CT molecular complexity index is 735. The number of carbonyl (C=O) groups excluding carboxylic acids is 1. The second-order valence-electron chi connectivity index (χ2n) is 4.28. The molecule has 0 saturated heterocycles. The van der Waals surface area contributed by atoms with E-state index in [-0.39, 0.29) is 12.3 Å². The molecule has 22 heavy (non-hydrogen) atoms. The highest BCUT2D eigenvalue weighted by atomic mass is 16.6. The van der Waals surface area contributed by atoms with Gasteiger partial charge in [-0.2, -0.15) is 5.26 Å². The van der Waals surface area contributed by atoms with Gasteiger partial charge in [-0.15, -0.1) is 0 Å². The third-order valence-corrected chi connectivity index (χ3v) is 2.69. The Morgan fingerprint density at radius 2 is 2.00 bits per heavy atom. The van der Waals surface area contributed by atoms with E-state index in [1.165, 1.54) is 24.3 Å². The van der Waals surface area contributed by atoms with Crippen LogP contribution >= 0.6 is 0 Å². The van der Waals surface area contributed by atoms with Crippen molar-refractivity contribution in [1.82, 2.24) is 0 Å². The van der Waals surface area contributed by atoms with Crippen molar-refractivity contribution in [2.24, 2.45) is 0 Å². The molecule has 0 aromatic heterocycles. The second kappa shape index (κ2) is 6.85. The van der Waals surface area contributed by atoms with E-state index >= 15 is 0 Å². The lowest BCUT2D eigenvalue weighted by atomic mass is 10.2. The van der Waals surface area contributed by atoms with Crippen LogP contribution < -0.4 is 10.1 Å². The van der Waals surface area contributed by atoms with Crippen LogP contribution in [0.3, 0.4) is 0 Å². The number of non-ortho nitro benzene ring substituents is 1. The van der Waals surface area contributed by atoms with Crippen LogP contribution in [0.1, 0.15) is 5.56 Å². The van der Waals surface area contributed by atoms with Crippen molar-refractivity contribution in [3.63, 3.8) is 0 Å². The van der Waals surface area contributed by atoms with Gasteiger partial charge in [-0.1, -0.05) is 6.07 Å². The zero-order valence-electron chi connectivity index (χ0n) is 11.4. The summed E-state index contributed by atoms with van der Waals surface area (Å²) in [6.07, 6.45) is 0.